The van der Waals surface area contributed by atoms with E-state index < -0.39 is 23.6 Å². The molecule has 1 aliphatic heterocycles. The number of hydrogen-bond donors (Lipinski definition) is 1. The summed E-state index contributed by atoms with van der Waals surface area (Å²) in [6.45, 7) is 9.92. The predicted molar refractivity (Wildman–Crippen MR) is 59.9 cm³/mol. The van der Waals surface area contributed by atoms with Crippen LogP contribution >= 0.6 is 0 Å². The highest BCUT2D eigenvalue weighted by molar-refractivity contribution is 5.76. The molecule has 16 heavy (non-hydrogen) atoms. The molecule has 4 heteroatoms. The third-order valence-corrected chi connectivity index (χ3v) is 3.20. The van der Waals surface area contributed by atoms with E-state index in [-0.39, 0.29) is 12.0 Å². The number of carbonyl (C=O) groups excluding carboxylic acids is 1. The normalized spacial score (nSPS) is 33.1. The van der Waals surface area contributed by atoms with Gasteiger partial charge >= 0.3 is 5.97 Å². The molecule has 0 saturated carbocycles. The maximum absolute atomic E-state index is 11.6. The van der Waals surface area contributed by atoms with Gasteiger partial charge in [0.25, 0.3) is 0 Å². The van der Waals surface area contributed by atoms with E-state index in [1.165, 1.54) is 0 Å². The lowest BCUT2D eigenvalue weighted by atomic mass is 9.77. The molecular weight excluding hydrogens is 208 g/mol. The molecular formula is C12H22O4. The molecule has 1 saturated heterocycles. The average molecular weight is 230 g/mol. The van der Waals surface area contributed by atoms with Crippen molar-refractivity contribution in [1.29, 1.82) is 0 Å². The van der Waals surface area contributed by atoms with Crippen molar-refractivity contribution in [3.63, 3.8) is 0 Å². The molecule has 0 aromatic carbocycles. The van der Waals surface area contributed by atoms with Crippen LogP contribution in [0.15, 0.2) is 0 Å². The molecule has 0 aliphatic carbocycles. The van der Waals surface area contributed by atoms with Crippen molar-refractivity contribution in [3.05, 3.63) is 0 Å². The topological polar surface area (TPSA) is 55.8 Å². The Balaban J connectivity index is 2.82. The molecule has 0 amide bonds. The molecule has 1 N–H and O–H groups in total. The van der Waals surface area contributed by atoms with Crippen LogP contribution in [0.5, 0.6) is 0 Å². The highest BCUT2D eigenvalue weighted by atomic mass is 16.6. The van der Waals surface area contributed by atoms with E-state index in [9.17, 15) is 9.90 Å². The van der Waals surface area contributed by atoms with Crippen LogP contribution in [0.25, 0.3) is 0 Å². The molecule has 3 atom stereocenters. The van der Waals surface area contributed by atoms with Gasteiger partial charge in [0.1, 0.15) is 0 Å². The third-order valence-electron chi connectivity index (χ3n) is 3.20. The third kappa shape index (κ3) is 2.23. The smallest absolute Gasteiger partial charge is 0.338 e. The standard InChI is InChI=1S/C12H22O4/c1-6-15-11(14)8-9(13)12(4,5)10(16-8)7(2)3/h7-10,13H,6H2,1-5H3/t8-,9+,10-/m0/s1. The van der Waals surface area contributed by atoms with Crippen molar-refractivity contribution in [2.45, 2.75) is 52.9 Å². The summed E-state index contributed by atoms with van der Waals surface area (Å²) in [6.07, 6.45) is -1.78. The Morgan fingerprint density at radius 1 is 1.50 bits per heavy atom. The second kappa shape index (κ2) is 4.72. The van der Waals surface area contributed by atoms with Crippen molar-refractivity contribution in [2.75, 3.05) is 6.61 Å². The second-order valence-corrected chi connectivity index (χ2v) is 5.24. The van der Waals surface area contributed by atoms with E-state index in [0.717, 1.165) is 0 Å². The maximum Gasteiger partial charge on any atom is 0.338 e. The molecule has 0 radical (unpaired) electrons. The van der Waals surface area contributed by atoms with Crippen LogP contribution in [0.1, 0.15) is 34.6 Å². The van der Waals surface area contributed by atoms with Gasteiger partial charge in [0.05, 0.1) is 18.8 Å². The Morgan fingerprint density at radius 3 is 2.44 bits per heavy atom. The summed E-state index contributed by atoms with van der Waals surface area (Å²) in [6, 6.07) is 0. The van der Waals surface area contributed by atoms with Gasteiger partial charge in [0.2, 0.25) is 0 Å². The number of hydrogen-bond acceptors (Lipinski definition) is 4. The average Bonchev–Trinajstić information content (AvgIpc) is 2.39. The molecule has 0 aromatic heterocycles. The Bertz CT molecular complexity index is 260. The highest BCUT2D eigenvalue weighted by Gasteiger charge is 2.53. The summed E-state index contributed by atoms with van der Waals surface area (Å²) in [5.74, 6) is -0.213. The first-order valence-corrected chi connectivity index (χ1v) is 5.82. The number of aliphatic hydroxyl groups is 1. The van der Waals surface area contributed by atoms with Crippen molar-refractivity contribution in [2.24, 2.45) is 11.3 Å². The van der Waals surface area contributed by atoms with Crippen molar-refractivity contribution in [1.82, 2.24) is 0 Å². The van der Waals surface area contributed by atoms with E-state index in [1.54, 1.807) is 6.92 Å². The highest BCUT2D eigenvalue weighted by Crippen LogP contribution is 2.41. The van der Waals surface area contributed by atoms with Crippen molar-refractivity contribution in [3.8, 4) is 0 Å². The van der Waals surface area contributed by atoms with E-state index in [1.807, 2.05) is 27.7 Å². The molecule has 1 fully saturated rings. The van der Waals surface area contributed by atoms with Crippen LogP contribution in [-0.4, -0.2) is 36.0 Å². The van der Waals surface area contributed by atoms with Gasteiger partial charge in [-0.15, -0.1) is 0 Å². The molecule has 1 heterocycles. The molecule has 0 spiro atoms. The first kappa shape index (κ1) is 13.5. The van der Waals surface area contributed by atoms with Gasteiger partial charge in [-0.1, -0.05) is 27.7 Å². The Labute approximate surface area is 96.9 Å². The largest absolute Gasteiger partial charge is 0.464 e. The molecule has 4 nitrogen and oxygen atoms in total. The first-order chi connectivity index (χ1) is 7.32. The fourth-order valence-electron chi connectivity index (χ4n) is 2.39. The van der Waals surface area contributed by atoms with E-state index in [2.05, 4.69) is 0 Å². The lowest BCUT2D eigenvalue weighted by Gasteiger charge is -2.30. The number of ether oxygens (including phenoxy) is 2. The van der Waals surface area contributed by atoms with Crippen molar-refractivity contribution < 1.29 is 19.4 Å². The predicted octanol–water partition coefficient (Wildman–Crippen LogP) is 1.36. The SMILES string of the molecule is CCOC(=O)[C@H]1O[C@@H](C(C)C)C(C)(C)[C@@H]1O. The zero-order valence-electron chi connectivity index (χ0n) is 10.7. The number of carbonyl (C=O) groups is 1. The quantitative estimate of drug-likeness (QED) is 0.744. The first-order valence-electron chi connectivity index (χ1n) is 5.82. The Hall–Kier alpha value is -0.610. The molecule has 0 bridgehead atoms. The van der Waals surface area contributed by atoms with Crippen molar-refractivity contribution >= 4 is 5.97 Å². The van der Waals surface area contributed by atoms with Gasteiger partial charge in [0.15, 0.2) is 6.10 Å². The summed E-state index contributed by atoms with van der Waals surface area (Å²) < 4.78 is 10.5. The van der Waals surface area contributed by atoms with Gasteiger partial charge in [0, 0.05) is 5.41 Å². The molecule has 1 rings (SSSR count). The van der Waals surface area contributed by atoms with Crippen LogP contribution in [0.3, 0.4) is 0 Å². The summed E-state index contributed by atoms with van der Waals surface area (Å²) in [5.41, 5.74) is -0.425. The Morgan fingerprint density at radius 2 is 2.06 bits per heavy atom. The summed E-state index contributed by atoms with van der Waals surface area (Å²) in [4.78, 5) is 11.6. The Kier molecular flexibility index (Phi) is 3.97. The van der Waals surface area contributed by atoms with Gasteiger partial charge in [-0.25, -0.2) is 4.79 Å². The van der Waals surface area contributed by atoms with E-state index >= 15 is 0 Å². The van der Waals surface area contributed by atoms with Crippen LogP contribution in [-0.2, 0) is 14.3 Å². The lowest BCUT2D eigenvalue weighted by molar-refractivity contribution is -0.160. The minimum atomic E-state index is -0.845. The molecule has 94 valence electrons. The second-order valence-electron chi connectivity index (χ2n) is 5.24. The van der Waals surface area contributed by atoms with E-state index in [4.69, 9.17) is 9.47 Å². The van der Waals surface area contributed by atoms with Gasteiger partial charge in [-0.3, -0.25) is 0 Å². The van der Waals surface area contributed by atoms with Crippen LogP contribution in [0.2, 0.25) is 0 Å². The van der Waals surface area contributed by atoms with Gasteiger partial charge in [-0.05, 0) is 12.8 Å². The van der Waals surface area contributed by atoms with Crippen LogP contribution in [0, 0.1) is 11.3 Å². The lowest BCUT2D eigenvalue weighted by Crippen LogP contribution is -2.40. The minimum absolute atomic E-state index is 0.128. The molecule has 0 unspecified atom stereocenters. The van der Waals surface area contributed by atoms with Gasteiger partial charge < -0.3 is 14.6 Å². The zero-order chi connectivity index (χ0) is 12.5. The zero-order valence-corrected chi connectivity index (χ0v) is 10.7. The summed E-state index contributed by atoms with van der Waals surface area (Å²) >= 11 is 0. The minimum Gasteiger partial charge on any atom is -0.464 e. The fourth-order valence-corrected chi connectivity index (χ4v) is 2.39. The monoisotopic (exact) mass is 230 g/mol. The summed E-state index contributed by atoms with van der Waals surface area (Å²) in [5, 5.41) is 10.1. The van der Waals surface area contributed by atoms with E-state index in [0.29, 0.717) is 6.61 Å². The van der Waals surface area contributed by atoms with Crippen LogP contribution < -0.4 is 0 Å². The fraction of sp³-hybridized carbons (Fsp3) is 0.917. The summed E-state index contributed by atoms with van der Waals surface area (Å²) in [7, 11) is 0. The molecule has 0 aromatic rings. The van der Waals surface area contributed by atoms with Gasteiger partial charge in [-0.2, -0.15) is 0 Å². The molecule has 1 aliphatic rings. The van der Waals surface area contributed by atoms with Crippen LogP contribution in [0.4, 0.5) is 0 Å². The number of esters is 1. The maximum atomic E-state index is 11.6. The number of rotatable bonds is 3. The number of aliphatic hydroxyl groups excluding tert-OH is 1.